The highest BCUT2D eigenvalue weighted by molar-refractivity contribution is 8.18. The van der Waals surface area contributed by atoms with Crippen LogP contribution >= 0.6 is 11.8 Å². The normalized spacial score (nSPS) is 17.7. The van der Waals surface area contributed by atoms with Gasteiger partial charge in [0.1, 0.15) is 5.76 Å². The lowest BCUT2D eigenvalue weighted by Gasteiger charge is -2.32. The quantitative estimate of drug-likeness (QED) is 0.461. The van der Waals surface area contributed by atoms with Crippen LogP contribution in [0.25, 0.3) is 17.3 Å². The number of rotatable bonds is 7. The van der Waals surface area contributed by atoms with Crippen LogP contribution in [0.15, 0.2) is 40.0 Å². The van der Waals surface area contributed by atoms with Crippen LogP contribution in [0.3, 0.4) is 0 Å². The molecule has 11 heteroatoms. The van der Waals surface area contributed by atoms with Crippen molar-refractivity contribution in [2.45, 2.75) is 33.2 Å². The Hall–Kier alpha value is -3.57. The van der Waals surface area contributed by atoms with Gasteiger partial charge in [-0.3, -0.25) is 19.9 Å². The Morgan fingerprint density at radius 2 is 2.03 bits per heavy atom. The summed E-state index contributed by atoms with van der Waals surface area (Å²) in [5, 5.41) is 9.46. The molecule has 2 saturated heterocycles. The highest BCUT2D eigenvalue weighted by Crippen LogP contribution is 2.27. The molecule has 2 amide bonds. The van der Waals surface area contributed by atoms with Gasteiger partial charge >= 0.3 is 0 Å². The molecule has 0 bridgehead atoms. The molecule has 0 aromatic carbocycles. The number of nitrogens with zero attached hydrogens (tertiary/aromatic N) is 5. The summed E-state index contributed by atoms with van der Waals surface area (Å²) in [5.41, 5.74) is 4.44. The number of carbonyl (C=O) groups is 2. The van der Waals surface area contributed by atoms with Crippen LogP contribution in [0.1, 0.15) is 35.6 Å². The maximum Gasteiger partial charge on any atom is 0.290 e. The molecular formula is C25H27N7O3S. The second-order valence-corrected chi connectivity index (χ2v) is 9.96. The molecule has 2 aliphatic heterocycles. The fraction of sp³-hybridized carbons (Fsp3) is 0.360. The molecule has 36 heavy (non-hydrogen) atoms. The van der Waals surface area contributed by atoms with Crippen molar-refractivity contribution in [3.05, 3.63) is 58.2 Å². The van der Waals surface area contributed by atoms with Crippen LogP contribution in [-0.2, 0) is 11.3 Å². The number of amides is 2. The van der Waals surface area contributed by atoms with Crippen molar-refractivity contribution in [1.82, 2.24) is 30.7 Å². The summed E-state index contributed by atoms with van der Waals surface area (Å²) in [4.78, 5) is 39.3. The largest absolute Gasteiger partial charge is 0.361 e. The monoisotopic (exact) mass is 505 g/mol. The van der Waals surface area contributed by atoms with Crippen molar-refractivity contribution in [3.63, 3.8) is 0 Å². The minimum absolute atomic E-state index is 0.350. The van der Waals surface area contributed by atoms with E-state index in [9.17, 15) is 9.59 Å². The number of aryl methyl sites for hydroxylation is 2. The zero-order valence-electron chi connectivity index (χ0n) is 20.2. The number of anilines is 1. The Morgan fingerprint density at radius 1 is 1.19 bits per heavy atom. The number of hydrogen-bond donors (Lipinski definition) is 2. The molecule has 0 saturated carbocycles. The zero-order valence-corrected chi connectivity index (χ0v) is 21.0. The first-order valence-electron chi connectivity index (χ1n) is 11.9. The number of aromatic nitrogens is 4. The van der Waals surface area contributed by atoms with Gasteiger partial charge < -0.3 is 14.7 Å². The molecule has 186 valence electrons. The van der Waals surface area contributed by atoms with Crippen molar-refractivity contribution in [2.75, 3.05) is 24.5 Å². The molecule has 2 fully saturated rings. The van der Waals surface area contributed by atoms with Gasteiger partial charge in [0.05, 0.1) is 27.6 Å². The summed E-state index contributed by atoms with van der Waals surface area (Å²) in [7, 11) is 0. The van der Waals surface area contributed by atoms with Crippen molar-refractivity contribution in [2.24, 2.45) is 5.92 Å². The first-order chi connectivity index (χ1) is 17.5. The van der Waals surface area contributed by atoms with E-state index in [2.05, 4.69) is 41.7 Å². The number of thioether (sulfide) groups is 1. The summed E-state index contributed by atoms with van der Waals surface area (Å²) in [5.74, 6) is 1.62. The predicted octanol–water partition coefficient (Wildman–Crippen LogP) is 3.47. The lowest BCUT2D eigenvalue weighted by atomic mass is 9.97. The van der Waals surface area contributed by atoms with Gasteiger partial charge in [0.2, 0.25) is 5.95 Å². The van der Waals surface area contributed by atoms with Crippen molar-refractivity contribution >= 4 is 34.9 Å². The van der Waals surface area contributed by atoms with E-state index in [1.54, 1.807) is 18.3 Å². The SMILES string of the molecule is Cc1noc(C)c1-c1ccc(CNCC2CCN(c3nccc(/C=C4/SC(=O)NC4=O)n3)CC2)cn1. The summed E-state index contributed by atoms with van der Waals surface area (Å²) in [6.45, 7) is 7.27. The average Bonchev–Trinajstić information content (AvgIpc) is 3.39. The van der Waals surface area contributed by atoms with Crippen LogP contribution in [-0.4, -0.2) is 50.9 Å². The summed E-state index contributed by atoms with van der Waals surface area (Å²) < 4.78 is 5.25. The van der Waals surface area contributed by atoms with Gasteiger partial charge in [0.15, 0.2) is 0 Å². The van der Waals surface area contributed by atoms with Gasteiger partial charge in [-0.15, -0.1) is 0 Å². The minimum Gasteiger partial charge on any atom is -0.361 e. The lowest BCUT2D eigenvalue weighted by Crippen LogP contribution is -2.38. The summed E-state index contributed by atoms with van der Waals surface area (Å²) in [6.07, 6.45) is 7.30. The number of hydrogen-bond acceptors (Lipinski definition) is 10. The minimum atomic E-state index is -0.384. The third kappa shape index (κ3) is 5.47. The summed E-state index contributed by atoms with van der Waals surface area (Å²) in [6, 6.07) is 5.84. The lowest BCUT2D eigenvalue weighted by molar-refractivity contribution is -0.115. The maximum absolute atomic E-state index is 11.8. The van der Waals surface area contributed by atoms with E-state index >= 15 is 0 Å². The number of carbonyl (C=O) groups excluding carboxylic acids is 2. The van der Waals surface area contributed by atoms with Crippen molar-refractivity contribution in [1.29, 1.82) is 0 Å². The van der Waals surface area contributed by atoms with Crippen LogP contribution in [0.5, 0.6) is 0 Å². The summed E-state index contributed by atoms with van der Waals surface area (Å²) >= 11 is 0.887. The average molecular weight is 506 g/mol. The third-order valence-electron chi connectivity index (χ3n) is 6.36. The van der Waals surface area contributed by atoms with Gasteiger partial charge in [0, 0.05) is 32.0 Å². The Kier molecular flexibility index (Phi) is 7.10. The molecule has 0 unspecified atom stereocenters. The van der Waals surface area contributed by atoms with E-state index in [4.69, 9.17) is 4.52 Å². The molecule has 3 aromatic rings. The zero-order chi connectivity index (χ0) is 25.1. The van der Waals surface area contributed by atoms with Gasteiger partial charge in [-0.2, -0.15) is 0 Å². The molecule has 0 atom stereocenters. The molecule has 0 aliphatic carbocycles. The van der Waals surface area contributed by atoms with Gasteiger partial charge in [-0.1, -0.05) is 11.2 Å². The standard InChI is InChI=1S/C25H27N7O3S/c1-15-22(16(2)35-31-15)20-4-3-18(14-28-20)13-26-12-17-6-9-32(10-7-17)24-27-8-5-19(29-24)11-21-23(33)30-25(34)36-21/h3-5,8,11,14,17,26H,6-7,9-10,12-13H2,1-2H3,(H,30,33,34)/b21-11+. The predicted molar refractivity (Wildman–Crippen MR) is 137 cm³/mol. The fourth-order valence-corrected chi connectivity index (χ4v) is 5.10. The van der Waals surface area contributed by atoms with E-state index in [1.807, 2.05) is 26.1 Å². The second kappa shape index (κ2) is 10.6. The highest BCUT2D eigenvalue weighted by Gasteiger charge is 2.26. The molecule has 2 aliphatic rings. The van der Waals surface area contributed by atoms with Crippen molar-refractivity contribution in [3.8, 4) is 11.3 Å². The first kappa shape index (κ1) is 24.1. The molecule has 2 N–H and O–H groups in total. The smallest absolute Gasteiger partial charge is 0.290 e. The second-order valence-electron chi connectivity index (χ2n) is 8.95. The van der Waals surface area contributed by atoms with Crippen LogP contribution in [0, 0.1) is 19.8 Å². The number of piperidine rings is 1. The van der Waals surface area contributed by atoms with Crippen LogP contribution in [0.2, 0.25) is 0 Å². The number of imide groups is 1. The molecule has 3 aromatic heterocycles. The van der Waals surface area contributed by atoms with E-state index < -0.39 is 0 Å². The molecule has 0 spiro atoms. The Labute approximate surface area is 213 Å². The molecule has 0 radical (unpaired) electrons. The van der Waals surface area contributed by atoms with E-state index in [1.165, 1.54) is 0 Å². The van der Waals surface area contributed by atoms with Gasteiger partial charge in [-0.25, -0.2) is 9.97 Å². The third-order valence-corrected chi connectivity index (χ3v) is 7.17. The maximum atomic E-state index is 11.8. The Bertz CT molecular complexity index is 1280. The molecular weight excluding hydrogens is 478 g/mol. The highest BCUT2D eigenvalue weighted by atomic mass is 32.2. The molecule has 10 nitrogen and oxygen atoms in total. The fourth-order valence-electron chi connectivity index (χ4n) is 4.43. The topological polar surface area (TPSA) is 126 Å². The Balaban J connectivity index is 1.10. The van der Waals surface area contributed by atoms with E-state index in [-0.39, 0.29) is 11.1 Å². The molecule has 5 rings (SSSR count). The van der Waals surface area contributed by atoms with Gasteiger partial charge in [0.25, 0.3) is 11.1 Å². The first-order valence-corrected chi connectivity index (χ1v) is 12.7. The van der Waals surface area contributed by atoms with E-state index in [0.29, 0.717) is 22.5 Å². The number of pyridine rings is 1. The van der Waals surface area contributed by atoms with Crippen LogP contribution in [0.4, 0.5) is 10.7 Å². The van der Waals surface area contributed by atoms with E-state index in [0.717, 1.165) is 79.1 Å². The van der Waals surface area contributed by atoms with Gasteiger partial charge in [-0.05, 0) is 74.7 Å². The van der Waals surface area contributed by atoms with Crippen molar-refractivity contribution < 1.29 is 14.1 Å². The molecule has 5 heterocycles. The van der Waals surface area contributed by atoms with Crippen LogP contribution < -0.4 is 15.5 Å². The Morgan fingerprint density at radius 3 is 2.69 bits per heavy atom. The number of nitrogens with one attached hydrogen (secondary N) is 2.